The fourth-order valence-corrected chi connectivity index (χ4v) is 4.23. The largest absolute Gasteiger partial charge is 0.497 e. The van der Waals surface area contributed by atoms with Gasteiger partial charge in [0.15, 0.2) is 0 Å². The minimum absolute atomic E-state index is 0.115. The first-order valence-electron chi connectivity index (χ1n) is 10.6. The summed E-state index contributed by atoms with van der Waals surface area (Å²) in [5.41, 5.74) is 1.83. The summed E-state index contributed by atoms with van der Waals surface area (Å²) in [5, 5.41) is 9.61. The second-order valence-corrected chi connectivity index (χ2v) is 7.89. The highest BCUT2D eigenvalue weighted by molar-refractivity contribution is 5.29. The van der Waals surface area contributed by atoms with Crippen LogP contribution in [0.5, 0.6) is 5.75 Å². The molecule has 1 saturated heterocycles. The molecule has 0 saturated carbocycles. The predicted octanol–water partition coefficient (Wildman–Crippen LogP) is 3.09. The second-order valence-electron chi connectivity index (χ2n) is 7.89. The number of pyridine rings is 1. The number of aliphatic hydroxyl groups excluding tert-OH is 1. The molecule has 1 aliphatic rings. The van der Waals surface area contributed by atoms with Crippen LogP contribution in [-0.2, 0) is 13.1 Å². The Kier molecular flexibility index (Phi) is 6.96. The van der Waals surface area contributed by atoms with E-state index < -0.39 is 0 Å². The third-order valence-electron chi connectivity index (χ3n) is 5.90. The maximum atomic E-state index is 14.5. The number of hydrogen-bond acceptors (Lipinski definition) is 5. The molecule has 6 nitrogen and oxygen atoms in total. The molecule has 1 fully saturated rings. The van der Waals surface area contributed by atoms with Crippen molar-refractivity contribution in [1.82, 2.24) is 19.4 Å². The standard InChI is InChI=1S/C24H29FN4O2/c1-31-22-8-7-19(23(25)15-22)16-28-13-12-27(17-20(28)9-14-30)18-21-5-4-11-29(21)24-6-2-3-10-26-24/h2-8,10-11,15,20,30H,9,12-14,16-18H2,1H3/t20-/m0/s1. The third kappa shape index (κ3) is 5.12. The smallest absolute Gasteiger partial charge is 0.136 e. The van der Waals surface area contributed by atoms with Gasteiger partial charge in [0.1, 0.15) is 17.4 Å². The van der Waals surface area contributed by atoms with Crippen LogP contribution in [0.1, 0.15) is 17.7 Å². The average molecular weight is 425 g/mol. The number of benzene rings is 1. The third-order valence-corrected chi connectivity index (χ3v) is 5.90. The van der Waals surface area contributed by atoms with Crippen molar-refractivity contribution >= 4 is 0 Å². The van der Waals surface area contributed by atoms with Gasteiger partial charge in [0, 0.05) is 75.1 Å². The molecule has 0 aliphatic carbocycles. The topological polar surface area (TPSA) is 53.8 Å². The number of ether oxygens (including phenoxy) is 1. The maximum absolute atomic E-state index is 14.5. The van der Waals surface area contributed by atoms with Crippen LogP contribution in [0.3, 0.4) is 0 Å². The zero-order chi connectivity index (χ0) is 21.6. The van der Waals surface area contributed by atoms with E-state index in [0.29, 0.717) is 24.3 Å². The molecule has 1 atom stereocenters. The molecule has 0 bridgehead atoms. The Hall–Kier alpha value is -2.74. The summed E-state index contributed by atoms with van der Waals surface area (Å²) >= 11 is 0. The van der Waals surface area contributed by atoms with Gasteiger partial charge in [-0.1, -0.05) is 12.1 Å². The summed E-state index contributed by atoms with van der Waals surface area (Å²) in [5.74, 6) is 1.18. The number of hydrogen-bond donors (Lipinski definition) is 1. The van der Waals surface area contributed by atoms with Crippen LogP contribution in [0.2, 0.25) is 0 Å². The molecule has 0 unspecified atom stereocenters. The van der Waals surface area contributed by atoms with Crippen LogP contribution in [0.4, 0.5) is 4.39 Å². The van der Waals surface area contributed by atoms with Gasteiger partial charge in [0.2, 0.25) is 0 Å². The van der Waals surface area contributed by atoms with Gasteiger partial charge >= 0.3 is 0 Å². The summed E-state index contributed by atoms with van der Waals surface area (Å²) in [4.78, 5) is 9.13. The van der Waals surface area contributed by atoms with Gasteiger partial charge in [-0.3, -0.25) is 9.80 Å². The summed E-state index contributed by atoms with van der Waals surface area (Å²) in [6.07, 6.45) is 4.49. The minimum Gasteiger partial charge on any atom is -0.497 e. The zero-order valence-electron chi connectivity index (χ0n) is 17.8. The first-order valence-corrected chi connectivity index (χ1v) is 10.6. The number of piperazine rings is 1. The van der Waals surface area contributed by atoms with Crippen LogP contribution >= 0.6 is 0 Å². The minimum atomic E-state index is -0.252. The molecule has 31 heavy (non-hydrogen) atoms. The number of aromatic nitrogens is 2. The number of aliphatic hydroxyl groups is 1. The van der Waals surface area contributed by atoms with Crippen LogP contribution in [0.15, 0.2) is 60.9 Å². The van der Waals surface area contributed by atoms with E-state index in [0.717, 1.165) is 32.0 Å². The van der Waals surface area contributed by atoms with Gasteiger partial charge in [-0.05, 0) is 36.8 Å². The summed E-state index contributed by atoms with van der Waals surface area (Å²) in [6, 6.07) is 15.2. The van der Waals surface area contributed by atoms with Crippen molar-refractivity contribution in [2.24, 2.45) is 0 Å². The SMILES string of the molecule is COc1ccc(CN2CCN(Cc3cccn3-c3ccccn3)C[C@@H]2CCO)c(F)c1. The lowest BCUT2D eigenvalue weighted by molar-refractivity contribution is 0.0485. The van der Waals surface area contributed by atoms with Crippen molar-refractivity contribution in [2.45, 2.75) is 25.6 Å². The quantitative estimate of drug-likeness (QED) is 0.602. The van der Waals surface area contributed by atoms with E-state index in [4.69, 9.17) is 4.74 Å². The second kappa shape index (κ2) is 10.0. The molecule has 1 aromatic carbocycles. The van der Waals surface area contributed by atoms with E-state index in [1.54, 1.807) is 18.3 Å². The van der Waals surface area contributed by atoms with E-state index >= 15 is 0 Å². The average Bonchev–Trinajstić information content (AvgIpc) is 3.25. The normalized spacial score (nSPS) is 17.7. The summed E-state index contributed by atoms with van der Waals surface area (Å²) in [6.45, 7) is 3.97. The number of nitrogens with zero attached hydrogens (tertiary/aromatic N) is 4. The lowest BCUT2D eigenvalue weighted by Gasteiger charge is -2.41. The lowest BCUT2D eigenvalue weighted by Crippen LogP contribution is -2.52. The molecular formula is C24H29FN4O2. The Balaban J connectivity index is 1.44. The van der Waals surface area contributed by atoms with Crippen molar-refractivity contribution in [1.29, 1.82) is 0 Å². The zero-order valence-corrected chi connectivity index (χ0v) is 17.8. The van der Waals surface area contributed by atoms with Crippen LogP contribution in [0.25, 0.3) is 5.82 Å². The number of methoxy groups -OCH3 is 1. The molecule has 2 aromatic heterocycles. The van der Waals surface area contributed by atoms with Crippen molar-refractivity contribution < 1.29 is 14.2 Å². The van der Waals surface area contributed by atoms with Gasteiger partial charge in [-0.15, -0.1) is 0 Å². The molecule has 3 heterocycles. The van der Waals surface area contributed by atoms with E-state index in [1.165, 1.54) is 18.9 Å². The van der Waals surface area contributed by atoms with Crippen molar-refractivity contribution in [3.8, 4) is 11.6 Å². The Morgan fingerprint density at radius 2 is 2.03 bits per heavy atom. The van der Waals surface area contributed by atoms with Gasteiger partial charge in [0.25, 0.3) is 0 Å². The highest BCUT2D eigenvalue weighted by Crippen LogP contribution is 2.22. The highest BCUT2D eigenvalue weighted by Gasteiger charge is 2.28. The molecule has 0 spiro atoms. The Morgan fingerprint density at radius 1 is 1.13 bits per heavy atom. The monoisotopic (exact) mass is 424 g/mol. The molecule has 0 amide bonds. The highest BCUT2D eigenvalue weighted by atomic mass is 19.1. The van der Waals surface area contributed by atoms with E-state index in [9.17, 15) is 9.50 Å². The Morgan fingerprint density at radius 3 is 2.77 bits per heavy atom. The number of rotatable bonds is 8. The molecular weight excluding hydrogens is 395 g/mol. The van der Waals surface area contributed by atoms with Gasteiger partial charge in [-0.2, -0.15) is 0 Å². The molecule has 0 radical (unpaired) electrons. The molecule has 1 N–H and O–H groups in total. The Bertz CT molecular complexity index is 979. The summed E-state index contributed by atoms with van der Waals surface area (Å²) in [7, 11) is 1.54. The molecule has 1 aliphatic heterocycles. The first-order chi connectivity index (χ1) is 15.2. The van der Waals surface area contributed by atoms with Crippen molar-refractivity contribution in [2.75, 3.05) is 33.4 Å². The maximum Gasteiger partial charge on any atom is 0.136 e. The van der Waals surface area contributed by atoms with Gasteiger partial charge < -0.3 is 14.4 Å². The molecule has 164 valence electrons. The van der Waals surface area contributed by atoms with Crippen LogP contribution < -0.4 is 4.74 Å². The van der Waals surface area contributed by atoms with E-state index in [2.05, 4.69) is 25.4 Å². The van der Waals surface area contributed by atoms with Gasteiger partial charge in [-0.25, -0.2) is 9.37 Å². The molecule has 3 aromatic rings. The van der Waals surface area contributed by atoms with E-state index in [-0.39, 0.29) is 18.5 Å². The first kappa shape index (κ1) is 21.5. The molecule has 4 rings (SSSR count). The van der Waals surface area contributed by atoms with Crippen molar-refractivity contribution in [3.05, 3.63) is 78.0 Å². The lowest BCUT2D eigenvalue weighted by atomic mass is 10.1. The predicted molar refractivity (Wildman–Crippen MR) is 118 cm³/mol. The number of halogens is 1. The fraction of sp³-hybridized carbons (Fsp3) is 0.375. The summed E-state index contributed by atoms with van der Waals surface area (Å²) < 4.78 is 21.7. The van der Waals surface area contributed by atoms with Crippen molar-refractivity contribution in [3.63, 3.8) is 0 Å². The van der Waals surface area contributed by atoms with Crippen LogP contribution in [-0.4, -0.2) is 63.9 Å². The van der Waals surface area contributed by atoms with Crippen LogP contribution in [0, 0.1) is 5.82 Å². The fourth-order valence-electron chi connectivity index (χ4n) is 4.23. The van der Waals surface area contributed by atoms with E-state index in [1.807, 2.05) is 30.5 Å². The van der Waals surface area contributed by atoms with Gasteiger partial charge in [0.05, 0.1) is 7.11 Å². The molecule has 7 heteroatoms. The Labute approximate surface area is 182 Å².